The number of hydrogen-bond donors (Lipinski definition) is 1. The minimum Gasteiger partial charge on any atom is -0.317 e. The van der Waals surface area contributed by atoms with Gasteiger partial charge in [0.05, 0.1) is 0 Å². The average molecular weight is 171 g/mol. The van der Waals surface area contributed by atoms with E-state index in [2.05, 4.69) is 18.4 Å². The Labute approximate surface area is 72.2 Å². The Bertz CT molecular complexity index is 97.7. The summed E-state index contributed by atoms with van der Waals surface area (Å²) < 4.78 is 0. The van der Waals surface area contributed by atoms with Crippen LogP contribution < -0.4 is 5.32 Å². The van der Waals surface area contributed by atoms with E-state index in [0.717, 1.165) is 6.04 Å². The van der Waals surface area contributed by atoms with Crippen LogP contribution in [0.1, 0.15) is 32.1 Å². The predicted octanol–water partition coefficient (Wildman–Crippen LogP) is 1.93. The zero-order valence-corrected chi connectivity index (χ0v) is 9.05. The fourth-order valence-corrected chi connectivity index (χ4v) is 2.51. The molecule has 0 atom stereocenters. The highest BCUT2D eigenvalue weighted by molar-refractivity contribution is 6.55. The van der Waals surface area contributed by atoms with Crippen molar-refractivity contribution in [1.82, 2.24) is 5.32 Å². The van der Waals surface area contributed by atoms with Crippen molar-refractivity contribution in [3.8, 4) is 0 Å². The molecule has 1 aliphatic rings. The Balaban J connectivity index is 2.05. The van der Waals surface area contributed by atoms with Gasteiger partial charge in [0.2, 0.25) is 0 Å². The molecule has 0 spiro atoms. The summed E-state index contributed by atoms with van der Waals surface area (Å²) in [6.45, 7) is 4.83. The van der Waals surface area contributed by atoms with Gasteiger partial charge in [0, 0.05) is 14.8 Å². The first-order valence-corrected chi connectivity index (χ1v) is 8.15. The second-order valence-corrected chi connectivity index (χ2v) is 7.33. The van der Waals surface area contributed by atoms with Crippen LogP contribution in [0.2, 0.25) is 13.1 Å². The van der Waals surface area contributed by atoms with Gasteiger partial charge in [-0.3, -0.25) is 0 Å². The molecular formula is C9H21NSi. The summed E-state index contributed by atoms with van der Waals surface area (Å²) in [6.07, 6.45) is 8.58. The molecule has 1 rings (SSSR count). The van der Waals surface area contributed by atoms with E-state index in [1.165, 1.54) is 38.3 Å². The van der Waals surface area contributed by atoms with E-state index < -0.39 is 0 Å². The summed E-state index contributed by atoms with van der Waals surface area (Å²) in [4.78, 5) is 0. The lowest BCUT2D eigenvalue weighted by molar-refractivity contribution is 0.388. The molecule has 1 saturated carbocycles. The van der Waals surface area contributed by atoms with Gasteiger partial charge >= 0.3 is 0 Å². The summed E-state index contributed by atoms with van der Waals surface area (Å²) in [7, 11) is -0.353. The summed E-state index contributed by atoms with van der Waals surface area (Å²) in [5, 5.41) is 3.68. The van der Waals surface area contributed by atoms with Gasteiger partial charge in [-0.25, -0.2) is 0 Å². The van der Waals surface area contributed by atoms with Gasteiger partial charge in [0.1, 0.15) is 0 Å². The maximum absolute atomic E-state index is 3.68. The highest BCUT2D eigenvalue weighted by Gasteiger charge is 2.12. The van der Waals surface area contributed by atoms with Crippen molar-refractivity contribution in [3.05, 3.63) is 0 Å². The van der Waals surface area contributed by atoms with Crippen molar-refractivity contribution in [2.75, 3.05) is 6.17 Å². The lowest BCUT2D eigenvalue weighted by atomic mass is 9.96. The molecule has 0 aromatic rings. The van der Waals surface area contributed by atoms with Crippen LogP contribution in [0.3, 0.4) is 0 Å². The Hall–Kier alpha value is 0.177. The molecule has 0 amide bonds. The zero-order valence-electron chi connectivity index (χ0n) is 7.90. The molecule has 1 nitrogen and oxygen atoms in total. The summed E-state index contributed by atoms with van der Waals surface area (Å²) in [5.41, 5.74) is 0. The van der Waals surface area contributed by atoms with Crippen LogP contribution in [0.4, 0.5) is 0 Å². The van der Waals surface area contributed by atoms with Gasteiger partial charge in [-0.15, -0.1) is 0 Å². The van der Waals surface area contributed by atoms with Crippen molar-refractivity contribution in [3.63, 3.8) is 0 Å². The van der Waals surface area contributed by atoms with E-state index in [9.17, 15) is 0 Å². The SMILES string of the molecule is C[SiH](C)CNC1CCCCC1. The number of rotatable bonds is 3. The maximum Gasteiger partial charge on any atom is 0.0466 e. The van der Waals surface area contributed by atoms with Crippen LogP contribution in [0.5, 0.6) is 0 Å². The van der Waals surface area contributed by atoms with Gasteiger partial charge in [-0.05, 0) is 19.0 Å². The Morgan fingerprint density at radius 1 is 1.18 bits per heavy atom. The molecule has 11 heavy (non-hydrogen) atoms. The van der Waals surface area contributed by atoms with E-state index in [1.807, 2.05) is 0 Å². The van der Waals surface area contributed by atoms with E-state index in [-0.39, 0.29) is 8.80 Å². The Morgan fingerprint density at radius 2 is 1.82 bits per heavy atom. The Morgan fingerprint density at radius 3 is 2.36 bits per heavy atom. The lowest BCUT2D eigenvalue weighted by Crippen LogP contribution is -2.36. The van der Waals surface area contributed by atoms with Crippen LogP contribution in [0, 0.1) is 0 Å². The number of nitrogens with one attached hydrogen (secondary N) is 1. The van der Waals surface area contributed by atoms with E-state index >= 15 is 0 Å². The van der Waals surface area contributed by atoms with Gasteiger partial charge in [0.15, 0.2) is 0 Å². The normalized spacial score (nSPS) is 21.0. The fourth-order valence-electron chi connectivity index (χ4n) is 1.71. The van der Waals surface area contributed by atoms with Gasteiger partial charge in [0.25, 0.3) is 0 Å². The smallest absolute Gasteiger partial charge is 0.0466 e. The molecule has 66 valence electrons. The topological polar surface area (TPSA) is 12.0 Å². The highest BCUT2D eigenvalue weighted by Crippen LogP contribution is 2.16. The third-order valence-corrected chi connectivity index (χ3v) is 3.47. The quantitative estimate of drug-likeness (QED) is 0.640. The van der Waals surface area contributed by atoms with Gasteiger partial charge in [-0.2, -0.15) is 0 Å². The molecule has 0 bridgehead atoms. The molecule has 0 aromatic carbocycles. The maximum atomic E-state index is 3.68. The molecule has 0 heterocycles. The average Bonchev–Trinajstić information content (AvgIpc) is 2.03. The van der Waals surface area contributed by atoms with Crippen molar-refractivity contribution < 1.29 is 0 Å². The van der Waals surface area contributed by atoms with Gasteiger partial charge < -0.3 is 5.32 Å². The molecule has 0 radical (unpaired) electrons. The minimum atomic E-state index is -0.353. The van der Waals surface area contributed by atoms with Crippen LogP contribution >= 0.6 is 0 Å². The van der Waals surface area contributed by atoms with Crippen molar-refractivity contribution >= 4 is 8.80 Å². The third kappa shape index (κ3) is 3.92. The molecule has 1 N–H and O–H groups in total. The second-order valence-electron chi connectivity index (χ2n) is 4.14. The standard InChI is InChI=1S/C9H21NSi/c1-11(2)8-10-9-6-4-3-5-7-9/h9-11H,3-8H2,1-2H3. The fraction of sp³-hybridized carbons (Fsp3) is 1.00. The molecule has 2 heteroatoms. The van der Waals surface area contributed by atoms with Crippen LogP contribution in [0.25, 0.3) is 0 Å². The second kappa shape index (κ2) is 4.94. The summed E-state index contributed by atoms with van der Waals surface area (Å²) in [6, 6.07) is 0.874. The summed E-state index contributed by atoms with van der Waals surface area (Å²) in [5.74, 6) is 0. The first-order chi connectivity index (χ1) is 5.29. The molecule has 0 unspecified atom stereocenters. The Kier molecular flexibility index (Phi) is 4.16. The predicted molar refractivity (Wildman–Crippen MR) is 53.8 cm³/mol. The molecular weight excluding hydrogens is 150 g/mol. The molecule has 1 aliphatic carbocycles. The molecule has 0 aliphatic heterocycles. The minimum absolute atomic E-state index is 0.353. The van der Waals surface area contributed by atoms with Crippen molar-refractivity contribution in [2.45, 2.75) is 51.2 Å². The lowest BCUT2D eigenvalue weighted by Gasteiger charge is -2.23. The first-order valence-electron chi connectivity index (χ1n) is 5.02. The number of hydrogen-bond acceptors (Lipinski definition) is 1. The molecule has 0 saturated heterocycles. The van der Waals surface area contributed by atoms with Crippen molar-refractivity contribution in [2.24, 2.45) is 0 Å². The third-order valence-electron chi connectivity index (χ3n) is 2.42. The molecule has 0 aromatic heterocycles. The van der Waals surface area contributed by atoms with Gasteiger partial charge in [-0.1, -0.05) is 32.4 Å². The van der Waals surface area contributed by atoms with Crippen LogP contribution in [-0.2, 0) is 0 Å². The van der Waals surface area contributed by atoms with Crippen LogP contribution in [-0.4, -0.2) is 21.0 Å². The molecule has 1 fully saturated rings. The van der Waals surface area contributed by atoms with Crippen molar-refractivity contribution in [1.29, 1.82) is 0 Å². The van der Waals surface area contributed by atoms with E-state index in [0.29, 0.717) is 0 Å². The highest BCUT2D eigenvalue weighted by atomic mass is 28.3. The first kappa shape index (κ1) is 9.27. The zero-order chi connectivity index (χ0) is 8.10. The summed E-state index contributed by atoms with van der Waals surface area (Å²) >= 11 is 0. The van der Waals surface area contributed by atoms with E-state index in [4.69, 9.17) is 0 Å². The largest absolute Gasteiger partial charge is 0.317 e. The van der Waals surface area contributed by atoms with E-state index in [1.54, 1.807) is 0 Å². The monoisotopic (exact) mass is 171 g/mol. The van der Waals surface area contributed by atoms with Crippen LogP contribution in [0.15, 0.2) is 0 Å².